The average Bonchev–Trinajstić information content (AvgIpc) is 3.19. The van der Waals surface area contributed by atoms with Gasteiger partial charge in [0.05, 0.1) is 5.69 Å². The molecule has 2 saturated heterocycles. The summed E-state index contributed by atoms with van der Waals surface area (Å²) in [5.41, 5.74) is 4.98. The highest BCUT2D eigenvalue weighted by molar-refractivity contribution is 6.27. The number of benzene rings is 3. The summed E-state index contributed by atoms with van der Waals surface area (Å²) < 4.78 is 0. The third kappa shape index (κ3) is 4.37. The van der Waals surface area contributed by atoms with Gasteiger partial charge in [0.2, 0.25) is 11.8 Å². The molecule has 0 spiro atoms. The molecule has 3 aromatic carbocycles. The van der Waals surface area contributed by atoms with Crippen molar-refractivity contribution in [1.29, 1.82) is 0 Å². The molecule has 7 nitrogen and oxygen atoms in total. The molecule has 3 aliphatic heterocycles. The number of anilines is 2. The Morgan fingerprint density at radius 1 is 0.946 bits per heavy atom. The lowest BCUT2D eigenvalue weighted by Gasteiger charge is -2.30. The van der Waals surface area contributed by atoms with Gasteiger partial charge in [-0.1, -0.05) is 36.8 Å². The van der Waals surface area contributed by atoms with Crippen LogP contribution in [0.5, 0.6) is 0 Å². The Morgan fingerprint density at radius 2 is 1.73 bits per heavy atom. The Morgan fingerprint density at radius 3 is 2.49 bits per heavy atom. The number of amides is 3. The van der Waals surface area contributed by atoms with Crippen molar-refractivity contribution in [2.24, 2.45) is 0 Å². The second-order valence-corrected chi connectivity index (χ2v) is 10.5. The fraction of sp³-hybridized carbons (Fsp3) is 0.367. The first-order valence-corrected chi connectivity index (χ1v) is 13.2. The molecule has 0 aromatic heterocycles. The zero-order valence-corrected chi connectivity index (χ0v) is 21.2. The normalized spacial score (nSPS) is 20.0. The van der Waals surface area contributed by atoms with Crippen LogP contribution in [0.4, 0.5) is 11.4 Å². The second-order valence-electron chi connectivity index (χ2n) is 10.5. The van der Waals surface area contributed by atoms with Gasteiger partial charge in [-0.2, -0.15) is 0 Å². The summed E-state index contributed by atoms with van der Waals surface area (Å²) in [6.07, 6.45) is 4.52. The van der Waals surface area contributed by atoms with E-state index in [0.717, 1.165) is 34.3 Å². The Kier molecular flexibility index (Phi) is 6.16. The maximum atomic E-state index is 13.4. The Hall–Kier alpha value is -3.71. The molecule has 0 radical (unpaired) electrons. The molecule has 6 rings (SSSR count). The predicted molar refractivity (Wildman–Crippen MR) is 145 cm³/mol. The molecular formula is C30H32N4O3. The van der Waals surface area contributed by atoms with Crippen molar-refractivity contribution < 1.29 is 14.4 Å². The monoisotopic (exact) mass is 496 g/mol. The van der Waals surface area contributed by atoms with Crippen LogP contribution in [0.3, 0.4) is 0 Å². The smallest absolute Gasteiger partial charge is 0.259 e. The van der Waals surface area contributed by atoms with E-state index in [9.17, 15) is 14.4 Å². The van der Waals surface area contributed by atoms with E-state index < -0.39 is 11.9 Å². The number of piperidine rings is 2. The van der Waals surface area contributed by atoms with Gasteiger partial charge in [0.1, 0.15) is 6.04 Å². The molecular weight excluding hydrogens is 464 g/mol. The maximum absolute atomic E-state index is 13.4. The summed E-state index contributed by atoms with van der Waals surface area (Å²) in [6, 6.07) is 18.0. The van der Waals surface area contributed by atoms with E-state index in [-0.39, 0.29) is 18.2 Å². The molecule has 37 heavy (non-hydrogen) atoms. The van der Waals surface area contributed by atoms with Crippen molar-refractivity contribution in [2.75, 3.05) is 29.9 Å². The van der Waals surface area contributed by atoms with Gasteiger partial charge in [0, 0.05) is 43.2 Å². The van der Waals surface area contributed by atoms with E-state index >= 15 is 0 Å². The van der Waals surface area contributed by atoms with Crippen LogP contribution in [0.2, 0.25) is 0 Å². The van der Waals surface area contributed by atoms with Crippen LogP contribution >= 0.6 is 0 Å². The van der Waals surface area contributed by atoms with Crippen LogP contribution < -0.4 is 15.1 Å². The van der Waals surface area contributed by atoms with Crippen LogP contribution in [0.1, 0.15) is 53.6 Å². The number of rotatable bonds is 6. The number of carbonyl (C=O) groups is 3. The van der Waals surface area contributed by atoms with Gasteiger partial charge >= 0.3 is 0 Å². The SMILES string of the molecule is CN(Cc1ccc2c3c(cccc13)C(=O)N2C1CCC(=O)NC1=O)c1ccc(CN2CCCCC2)cc1. The Bertz CT molecular complexity index is 1380. The van der Waals surface area contributed by atoms with Gasteiger partial charge in [-0.05, 0) is 73.1 Å². The second kappa shape index (κ2) is 9.63. The van der Waals surface area contributed by atoms with E-state index in [1.165, 1.54) is 37.9 Å². The maximum Gasteiger partial charge on any atom is 0.259 e. The van der Waals surface area contributed by atoms with Crippen LogP contribution in [-0.2, 0) is 22.7 Å². The van der Waals surface area contributed by atoms with Gasteiger partial charge in [0.15, 0.2) is 0 Å². The molecule has 1 atom stereocenters. The highest BCUT2D eigenvalue weighted by Gasteiger charge is 2.40. The molecule has 190 valence electrons. The lowest BCUT2D eigenvalue weighted by atomic mass is 9.99. The Balaban J connectivity index is 1.24. The summed E-state index contributed by atoms with van der Waals surface area (Å²) in [5, 5.41) is 4.30. The molecule has 7 heteroatoms. The van der Waals surface area contributed by atoms with Crippen LogP contribution in [0, 0.1) is 0 Å². The molecule has 3 heterocycles. The highest BCUT2D eigenvalue weighted by atomic mass is 16.2. The first-order chi connectivity index (χ1) is 18.0. The van der Waals surface area contributed by atoms with Crippen molar-refractivity contribution in [1.82, 2.24) is 10.2 Å². The van der Waals surface area contributed by atoms with Crippen molar-refractivity contribution >= 4 is 39.9 Å². The molecule has 0 saturated carbocycles. The number of nitrogens with zero attached hydrogens (tertiary/aromatic N) is 3. The van der Waals surface area contributed by atoms with Gasteiger partial charge in [-0.25, -0.2) is 0 Å². The van der Waals surface area contributed by atoms with Crippen molar-refractivity contribution in [3.8, 4) is 0 Å². The first-order valence-electron chi connectivity index (χ1n) is 13.2. The lowest BCUT2D eigenvalue weighted by molar-refractivity contribution is -0.134. The molecule has 3 aromatic rings. The average molecular weight is 497 g/mol. The summed E-state index contributed by atoms with van der Waals surface area (Å²) in [5.74, 6) is -0.864. The van der Waals surface area contributed by atoms with Crippen molar-refractivity contribution in [2.45, 2.75) is 51.2 Å². The van der Waals surface area contributed by atoms with Crippen LogP contribution in [0.25, 0.3) is 10.8 Å². The molecule has 0 aliphatic carbocycles. The highest BCUT2D eigenvalue weighted by Crippen LogP contribution is 2.41. The zero-order valence-electron chi connectivity index (χ0n) is 21.2. The summed E-state index contributed by atoms with van der Waals surface area (Å²) >= 11 is 0. The van der Waals surface area contributed by atoms with Gasteiger partial charge in [0.25, 0.3) is 5.91 Å². The largest absolute Gasteiger partial charge is 0.370 e. The van der Waals surface area contributed by atoms with Crippen LogP contribution in [-0.4, -0.2) is 48.8 Å². The van der Waals surface area contributed by atoms with Crippen molar-refractivity contribution in [3.05, 3.63) is 71.3 Å². The van der Waals surface area contributed by atoms with E-state index in [1.54, 1.807) is 4.90 Å². The van der Waals surface area contributed by atoms with Gasteiger partial charge in [-0.15, -0.1) is 0 Å². The number of hydrogen-bond acceptors (Lipinski definition) is 5. The number of hydrogen-bond donors (Lipinski definition) is 1. The molecule has 1 N–H and O–H groups in total. The standard InChI is InChI=1S/C30H32N4O3/c1-32(22-11-8-20(9-12-22)18-33-16-3-2-4-17-33)19-21-10-13-25-28-23(21)6-5-7-24(28)30(37)34(25)26-14-15-27(35)31-29(26)36/h5-13,26H,2-4,14-19H2,1H3,(H,31,35,36). The predicted octanol–water partition coefficient (Wildman–Crippen LogP) is 4.23. The van der Waals surface area contributed by atoms with Crippen molar-refractivity contribution in [3.63, 3.8) is 0 Å². The Labute approximate surface area is 217 Å². The van der Waals surface area contributed by atoms with E-state index in [0.29, 0.717) is 18.5 Å². The number of carbonyl (C=O) groups excluding carboxylic acids is 3. The molecule has 3 amide bonds. The van der Waals surface area contributed by atoms with Gasteiger partial charge < -0.3 is 4.90 Å². The minimum atomic E-state index is -0.669. The topological polar surface area (TPSA) is 73.0 Å². The lowest BCUT2D eigenvalue weighted by Crippen LogP contribution is -2.53. The fourth-order valence-corrected chi connectivity index (χ4v) is 6.02. The third-order valence-electron chi connectivity index (χ3n) is 7.98. The van der Waals surface area contributed by atoms with E-state index in [1.807, 2.05) is 18.2 Å². The first kappa shape index (κ1) is 23.7. The molecule has 1 unspecified atom stereocenters. The van der Waals surface area contributed by atoms with E-state index in [2.05, 4.69) is 58.6 Å². The summed E-state index contributed by atoms with van der Waals surface area (Å²) in [4.78, 5) is 44.0. The fourth-order valence-electron chi connectivity index (χ4n) is 6.02. The van der Waals surface area contributed by atoms with Crippen LogP contribution in [0.15, 0.2) is 54.6 Å². The van der Waals surface area contributed by atoms with E-state index in [4.69, 9.17) is 0 Å². The molecule has 2 fully saturated rings. The minimum absolute atomic E-state index is 0.176. The summed E-state index contributed by atoms with van der Waals surface area (Å²) in [7, 11) is 2.09. The number of likely N-dealkylation sites (tertiary alicyclic amines) is 1. The number of imide groups is 1. The minimum Gasteiger partial charge on any atom is -0.370 e. The molecule has 3 aliphatic rings. The third-order valence-corrected chi connectivity index (χ3v) is 7.98. The number of nitrogens with one attached hydrogen (secondary N) is 1. The van der Waals surface area contributed by atoms with Gasteiger partial charge in [-0.3, -0.25) is 29.5 Å². The summed E-state index contributed by atoms with van der Waals surface area (Å²) in [6.45, 7) is 4.08. The molecule has 0 bridgehead atoms. The quantitative estimate of drug-likeness (QED) is 0.517. The zero-order chi connectivity index (χ0) is 25.5.